The molecule has 0 radical (unpaired) electrons. The molecule has 6 unspecified atom stereocenters. The third-order valence-corrected chi connectivity index (χ3v) is 12.8. The van der Waals surface area contributed by atoms with E-state index < -0.39 is 87.8 Å². The van der Waals surface area contributed by atoms with E-state index in [1.807, 2.05) is 0 Å². The van der Waals surface area contributed by atoms with E-state index in [2.05, 4.69) is 21.4 Å². The van der Waals surface area contributed by atoms with Crippen LogP contribution in [0.2, 0.25) is 10.0 Å². The number of phenols is 1. The maximum absolute atomic E-state index is 15.4. The smallest absolute Gasteiger partial charge is 0.416 e. The van der Waals surface area contributed by atoms with Gasteiger partial charge in [-0.05, 0) is 91.1 Å². The van der Waals surface area contributed by atoms with Gasteiger partial charge in [0.2, 0.25) is 11.8 Å². The number of hydrazine groups is 1. The van der Waals surface area contributed by atoms with E-state index >= 15 is 4.79 Å². The molecule has 4 aromatic carbocycles. The first-order valence-corrected chi connectivity index (χ1v) is 19.4. The largest absolute Gasteiger partial charge is 0.508 e. The van der Waals surface area contributed by atoms with Gasteiger partial charge < -0.3 is 9.84 Å². The van der Waals surface area contributed by atoms with E-state index in [-0.39, 0.29) is 46.0 Å². The number of phenolic OH excluding ortho intramolecular Hbond substituents is 1. The summed E-state index contributed by atoms with van der Waals surface area (Å²) >= 11 is 16.0. The molecule has 3 fully saturated rings. The second-order valence-corrected chi connectivity index (χ2v) is 16.5. The number of methoxy groups -OCH3 is 1. The van der Waals surface area contributed by atoms with Crippen LogP contribution < -0.4 is 15.1 Å². The number of fused-ring (bicyclic) bond motifs is 4. The topological polar surface area (TPSA) is 116 Å². The first-order valence-electron chi connectivity index (χ1n) is 17.9. The molecule has 2 heterocycles. The van der Waals surface area contributed by atoms with Gasteiger partial charge in [-0.15, -0.1) is 0 Å². The Hall–Kier alpha value is -5.06. The molecule has 0 aromatic heterocycles. The van der Waals surface area contributed by atoms with Gasteiger partial charge in [-0.25, -0.2) is 4.90 Å². The van der Waals surface area contributed by atoms with Crippen molar-refractivity contribution in [3.63, 3.8) is 0 Å². The van der Waals surface area contributed by atoms with Crippen LogP contribution in [0.1, 0.15) is 41.0 Å². The van der Waals surface area contributed by atoms with Crippen LogP contribution in [-0.2, 0) is 36.9 Å². The highest BCUT2D eigenvalue weighted by Crippen LogP contribution is 2.65. The number of ether oxygens (including phenoxy) is 1. The van der Waals surface area contributed by atoms with Crippen LogP contribution in [0.5, 0.6) is 11.5 Å². The van der Waals surface area contributed by atoms with Gasteiger partial charge >= 0.3 is 12.4 Å². The lowest BCUT2D eigenvalue weighted by molar-refractivity contribution is -0.143. The Morgan fingerprint density at radius 3 is 2.10 bits per heavy atom. The Kier molecular flexibility index (Phi) is 9.87. The van der Waals surface area contributed by atoms with Crippen LogP contribution in [0.4, 0.5) is 37.7 Å². The van der Waals surface area contributed by atoms with Gasteiger partial charge in [0.15, 0.2) is 0 Å². The summed E-state index contributed by atoms with van der Waals surface area (Å²) in [5.41, 5.74) is -2.41. The zero-order valence-electron chi connectivity index (χ0n) is 30.2. The van der Waals surface area contributed by atoms with E-state index in [9.17, 15) is 45.8 Å². The van der Waals surface area contributed by atoms with Crippen LogP contribution in [0.15, 0.2) is 95.0 Å². The molecule has 2 saturated heterocycles. The lowest BCUT2D eigenvalue weighted by atomic mass is 9.49. The van der Waals surface area contributed by atoms with Crippen LogP contribution in [0.25, 0.3) is 0 Å². The Bertz CT molecular complexity index is 2470. The number of allylic oxidation sites excluding steroid dienone is 2. The van der Waals surface area contributed by atoms with Crippen LogP contribution in [0.3, 0.4) is 0 Å². The van der Waals surface area contributed by atoms with Crippen LogP contribution in [0, 0.1) is 23.7 Å². The quantitative estimate of drug-likeness (QED) is 0.112. The summed E-state index contributed by atoms with van der Waals surface area (Å²) in [6, 6.07) is 15.7. The highest BCUT2D eigenvalue weighted by atomic mass is 79.9. The molecule has 4 aliphatic rings. The third-order valence-electron chi connectivity index (χ3n) is 11.7. The van der Waals surface area contributed by atoms with Gasteiger partial charge in [0.1, 0.15) is 11.5 Å². The number of imide groups is 2. The van der Waals surface area contributed by atoms with Gasteiger partial charge in [-0.3, -0.25) is 24.6 Å². The number of amides is 4. The van der Waals surface area contributed by atoms with E-state index in [0.717, 1.165) is 5.01 Å². The molecule has 2 aliphatic carbocycles. The molecular weight excluding hydrogens is 895 g/mol. The number of anilines is 2. The average molecular weight is 923 g/mol. The number of carbonyl (C=O) groups is 4. The van der Waals surface area contributed by atoms with Crippen molar-refractivity contribution in [1.29, 1.82) is 0 Å². The summed E-state index contributed by atoms with van der Waals surface area (Å²) in [7, 11) is 1.44. The fourth-order valence-electron chi connectivity index (χ4n) is 9.27. The fourth-order valence-corrected chi connectivity index (χ4v) is 10.1. The molecule has 1 saturated carbocycles. The predicted octanol–water partition coefficient (Wildman–Crippen LogP) is 9.70. The number of rotatable bonds is 6. The number of nitrogens with zero attached hydrogens (tertiary/aromatic N) is 2. The van der Waals surface area contributed by atoms with Gasteiger partial charge in [0.25, 0.3) is 11.8 Å². The number of hydrogen-bond donors (Lipinski definition) is 2. The predicted molar refractivity (Wildman–Crippen MR) is 205 cm³/mol. The minimum Gasteiger partial charge on any atom is -0.508 e. The lowest BCUT2D eigenvalue weighted by Crippen LogP contribution is -2.53. The zero-order chi connectivity index (χ0) is 42.5. The Morgan fingerprint density at radius 1 is 0.831 bits per heavy atom. The maximum Gasteiger partial charge on any atom is 0.416 e. The van der Waals surface area contributed by atoms with Gasteiger partial charge in [-0.1, -0.05) is 62.9 Å². The first-order chi connectivity index (χ1) is 27.8. The Labute approximate surface area is 349 Å². The molecule has 8 rings (SSSR count). The summed E-state index contributed by atoms with van der Waals surface area (Å²) in [6.45, 7) is 0. The third kappa shape index (κ3) is 6.45. The minimum atomic E-state index is -5.26. The SMILES string of the molecule is COc1ccc(C23C(=O)N(Nc4ccc(Cl)cc4Cl)C(=O)C2CC2C(=CCC4C(=O)N(c5cc(C(F)(F)F)cc(C(F)(F)F)c5)C(=O)C42)C3c2cc(Br)ccc2O)cc1. The molecule has 6 atom stereocenters. The van der Waals surface area contributed by atoms with Crippen molar-refractivity contribution in [3.8, 4) is 11.5 Å². The van der Waals surface area contributed by atoms with Crippen LogP contribution in [-0.4, -0.2) is 40.9 Å². The normalized spacial score (nSPS) is 25.5. The summed E-state index contributed by atoms with van der Waals surface area (Å²) < 4.78 is 89.5. The second kappa shape index (κ2) is 14.3. The van der Waals surface area contributed by atoms with Gasteiger partial charge in [0, 0.05) is 21.0 Å². The van der Waals surface area contributed by atoms with Crippen molar-refractivity contribution in [3.05, 3.63) is 127 Å². The molecule has 18 heteroatoms. The average Bonchev–Trinajstić information content (AvgIpc) is 3.56. The molecule has 2 aliphatic heterocycles. The highest BCUT2D eigenvalue weighted by molar-refractivity contribution is 9.10. The van der Waals surface area contributed by atoms with Crippen molar-refractivity contribution < 1.29 is 55.4 Å². The van der Waals surface area contributed by atoms with E-state index in [4.69, 9.17) is 27.9 Å². The maximum atomic E-state index is 15.4. The van der Waals surface area contributed by atoms with Gasteiger partial charge in [0.05, 0.1) is 57.8 Å². The molecule has 4 aromatic rings. The number of alkyl halides is 6. The van der Waals surface area contributed by atoms with E-state index in [1.165, 1.54) is 31.4 Å². The van der Waals surface area contributed by atoms with Crippen molar-refractivity contribution in [2.45, 2.75) is 36.5 Å². The summed E-state index contributed by atoms with van der Waals surface area (Å²) in [6.07, 6.45) is -9.39. The molecular formula is C41H28BrCl2F6N3O6. The fraction of sp³-hybridized carbons (Fsp3) is 0.268. The number of benzene rings is 4. The monoisotopic (exact) mass is 921 g/mol. The highest BCUT2D eigenvalue weighted by Gasteiger charge is 2.71. The molecule has 59 heavy (non-hydrogen) atoms. The molecule has 9 nitrogen and oxygen atoms in total. The van der Waals surface area contributed by atoms with Crippen molar-refractivity contribution in [2.75, 3.05) is 17.4 Å². The summed E-state index contributed by atoms with van der Waals surface area (Å²) in [5, 5.41) is 12.7. The number of halogens is 9. The number of nitrogens with one attached hydrogen (secondary N) is 1. The summed E-state index contributed by atoms with van der Waals surface area (Å²) in [4.78, 5) is 59.3. The lowest BCUT2D eigenvalue weighted by Gasteiger charge is -2.50. The van der Waals surface area contributed by atoms with Gasteiger partial charge in [-0.2, -0.15) is 31.4 Å². The molecule has 2 N–H and O–H groups in total. The summed E-state index contributed by atoms with van der Waals surface area (Å²) in [5.74, 6) is -9.80. The molecule has 0 bridgehead atoms. The number of carbonyl (C=O) groups excluding carboxylic acids is 4. The van der Waals surface area contributed by atoms with Crippen molar-refractivity contribution in [2.24, 2.45) is 23.7 Å². The first kappa shape index (κ1) is 40.7. The standard InChI is InChI=1S/C41H28BrCl2F6N3O6/c1-59-24-6-2-18(3-7-24)39-29(36(56)53(38(39)58)51-31-10-5-22(43)16-30(31)44)17-27-25(34(39)28-15-21(42)4-11-32(28)54)8-9-26-33(27)37(57)52(35(26)55)23-13-19(40(45,46)47)12-20(14-23)41(48,49)50/h2-8,10-16,26-27,29,33-34,51,54H,9,17H2,1H3. The minimum absolute atomic E-state index is 0.0605. The molecule has 0 spiro atoms. The molecule has 306 valence electrons. The Morgan fingerprint density at radius 2 is 1.49 bits per heavy atom. The van der Waals surface area contributed by atoms with E-state index in [0.29, 0.717) is 38.4 Å². The van der Waals surface area contributed by atoms with E-state index in [1.54, 1.807) is 42.5 Å². The molecule has 4 amide bonds. The van der Waals surface area contributed by atoms with Crippen LogP contribution >= 0.6 is 39.1 Å². The van der Waals surface area contributed by atoms with Crippen molar-refractivity contribution in [1.82, 2.24) is 5.01 Å². The van der Waals surface area contributed by atoms with Crippen molar-refractivity contribution >= 4 is 74.1 Å². The second-order valence-electron chi connectivity index (χ2n) is 14.7. The zero-order valence-corrected chi connectivity index (χ0v) is 33.3. The Balaban J connectivity index is 1.32. The number of aromatic hydroxyl groups is 1. The number of hydrogen-bond acceptors (Lipinski definition) is 7.